The molecule has 154 valence electrons. The third-order valence-electron chi connectivity index (χ3n) is 5.43. The van der Waals surface area contributed by atoms with Gasteiger partial charge in [0.1, 0.15) is 5.82 Å². The third kappa shape index (κ3) is 3.83. The van der Waals surface area contributed by atoms with E-state index in [4.69, 9.17) is 5.73 Å². The second kappa shape index (κ2) is 8.10. The van der Waals surface area contributed by atoms with Crippen LogP contribution in [0.15, 0.2) is 48.5 Å². The summed E-state index contributed by atoms with van der Waals surface area (Å²) in [6, 6.07) is 13.1. The standard InChI is InChI=1S/C23H23FN4O2/c1-27(14-15-5-4-6-16(13-15)22(25)29)23(30)21-19-7-2-3-8-20(19)28(26-21)18-11-9-17(24)10-12-18/h4-6,9-13H,2-3,7-8,14H2,1H3,(H2,25,29). The van der Waals surface area contributed by atoms with Gasteiger partial charge in [-0.25, -0.2) is 9.07 Å². The molecule has 1 aromatic heterocycles. The number of hydrogen-bond donors (Lipinski definition) is 1. The molecule has 1 heterocycles. The van der Waals surface area contributed by atoms with Crippen molar-refractivity contribution in [2.45, 2.75) is 32.2 Å². The van der Waals surface area contributed by atoms with Crippen LogP contribution in [0.25, 0.3) is 5.69 Å². The molecule has 4 rings (SSSR count). The van der Waals surface area contributed by atoms with Gasteiger partial charge in [-0.2, -0.15) is 5.10 Å². The molecule has 0 spiro atoms. The van der Waals surface area contributed by atoms with Crippen molar-refractivity contribution in [1.82, 2.24) is 14.7 Å². The second-order valence-electron chi connectivity index (χ2n) is 7.60. The Morgan fingerprint density at radius 2 is 1.87 bits per heavy atom. The number of carbonyl (C=O) groups excluding carboxylic acids is 2. The van der Waals surface area contributed by atoms with E-state index in [9.17, 15) is 14.0 Å². The summed E-state index contributed by atoms with van der Waals surface area (Å²) in [6.07, 6.45) is 3.66. The van der Waals surface area contributed by atoms with Gasteiger partial charge in [0, 0.05) is 30.4 Å². The van der Waals surface area contributed by atoms with E-state index in [0.717, 1.165) is 48.2 Å². The molecular formula is C23H23FN4O2. The van der Waals surface area contributed by atoms with Crippen LogP contribution in [0.5, 0.6) is 0 Å². The maximum atomic E-state index is 13.3. The molecular weight excluding hydrogens is 383 g/mol. The van der Waals surface area contributed by atoms with Gasteiger partial charge in [-0.05, 0) is 67.6 Å². The molecule has 30 heavy (non-hydrogen) atoms. The number of carbonyl (C=O) groups is 2. The van der Waals surface area contributed by atoms with Crippen LogP contribution in [-0.4, -0.2) is 33.5 Å². The number of benzene rings is 2. The van der Waals surface area contributed by atoms with Gasteiger partial charge in [0.15, 0.2) is 5.69 Å². The fraction of sp³-hybridized carbons (Fsp3) is 0.261. The predicted octanol–water partition coefficient (Wildman–Crippen LogP) is 3.26. The van der Waals surface area contributed by atoms with E-state index in [-0.39, 0.29) is 11.7 Å². The van der Waals surface area contributed by atoms with Gasteiger partial charge in [0.2, 0.25) is 5.91 Å². The number of aromatic nitrogens is 2. The number of halogens is 1. The van der Waals surface area contributed by atoms with Crippen LogP contribution < -0.4 is 5.73 Å². The van der Waals surface area contributed by atoms with Crippen molar-refractivity contribution in [3.8, 4) is 5.69 Å². The Morgan fingerprint density at radius 1 is 1.13 bits per heavy atom. The van der Waals surface area contributed by atoms with Gasteiger partial charge in [-0.1, -0.05) is 12.1 Å². The summed E-state index contributed by atoms with van der Waals surface area (Å²) in [7, 11) is 1.71. The summed E-state index contributed by atoms with van der Waals surface area (Å²) in [6.45, 7) is 0.331. The minimum absolute atomic E-state index is 0.182. The fourth-order valence-electron chi connectivity index (χ4n) is 3.92. The molecule has 1 aliphatic carbocycles. The van der Waals surface area contributed by atoms with Gasteiger partial charge >= 0.3 is 0 Å². The van der Waals surface area contributed by atoms with Crippen molar-refractivity contribution in [1.29, 1.82) is 0 Å². The normalized spacial score (nSPS) is 13.0. The zero-order chi connectivity index (χ0) is 21.3. The van der Waals surface area contributed by atoms with Crippen molar-refractivity contribution in [3.05, 3.63) is 82.4 Å². The lowest BCUT2D eigenvalue weighted by Gasteiger charge is -2.18. The minimum Gasteiger partial charge on any atom is -0.366 e. The molecule has 0 aliphatic heterocycles. The fourth-order valence-corrected chi connectivity index (χ4v) is 3.92. The highest BCUT2D eigenvalue weighted by Gasteiger charge is 2.27. The van der Waals surface area contributed by atoms with Crippen molar-refractivity contribution < 1.29 is 14.0 Å². The number of amides is 2. The maximum Gasteiger partial charge on any atom is 0.274 e. The first-order valence-corrected chi connectivity index (χ1v) is 9.95. The number of fused-ring (bicyclic) bond motifs is 1. The maximum absolute atomic E-state index is 13.3. The Hall–Kier alpha value is -3.48. The largest absolute Gasteiger partial charge is 0.366 e. The molecule has 0 saturated heterocycles. The Balaban J connectivity index is 1.64. The first-order valence-electron chi connectivity index (χ1n) is 9.95. The van der Waals surface area contributed by atoms with Crippen molar-refractivity contribution in [2.75, 3.05) is 7.05 Å². The smallest absolute Gasteiger partial charge is 0.274 e. The molecule has 0 bridgehead atoms. The van der Waals surface area contributed by atoms with Crippen LogP contribution in [0.3, 0.4) is 0 Å². The number of rotatable bonds is 5. The van der Waals surface area contributed by atoms with Crippen LogP contribution in [0, 0.1) is 5.82 Å². The SMILES string of the molecule is CN(Cc1cccc(C(N)=O)c1)C(=O)c1nn(-c2ccc(F)cc2)c2c1CCCC2. The molecule has 6 nitrogen and oxygen atoms in total. The Labute approximate surface area is 174 Å². The number of nitrogens with two attached hydrogens (primary N) is 1. The average Bonchev–Trinajstić information content (AvgIpc) is 3.13. The summed E-state index contributed by atoms with van der Waals surface area (Å²) in [5.41, 5.74) is 9.73. The molecule has 1 aliphatic rings. The predicted molar refractivity (Wildman–Crippen MR) is 111 cm³/mol. The van der Waals surface area contributed by atoms with Gasteiger partial charge < -0.3 is 10.6 Å². The minimum atomic E-state index is -0.502. The van der Waals surface area contributed by atoms with E-state index in [1.54, 1.807) is 47.0 Å². The van der Waals surface area contributed by atoms with Gasteiger partial charge in [-0.15, -0.1) is 0 Å². The number of nitrogens with zero attached hydrogens (tertiary/aromatic N) is 3. The van der Waals surface area contributed by atoms with Crippen molar-refractivity contribution >= 4 is 11.8 Å². The van der Waals surface area contributed by atoms with E-state index in [0.29, 0.717) is 17.8 Å². The third-order valence-corrected chi connectivity index (χ3v) is 5.43. The molecule has 2 aromatic carbocycles. The van der Waals surface area contributed by atoms with Gasteiger partial charge in [-0.3, -0.25) is 9.59 Å². The van der Waals surface area contributed by atoms with E-state index >= 15 is 0 Å². The van der Waals surface area contributed by atoms with E-state index in [1.807, 2.05) is 6.07 Å². The van der Waals surface area contributed by atoms with Crippen LogP contribution in [0.1, 0.15) is 50.5 Å². The Morgan fingerprint density at radius 3 is 2.60 bits per heavy atom. The first-order chi connectivity index (χ1) is 14.4. The summed E-state index contributed by atoms with van der Waals surface area (Å²) < 4.78 is 15.1. The van der Waals surface area contributed by atoms with Crippen LogP contribution >= 0.6 is 0 Å². The zero-order valence-electron chi connectivity index (χ0n) is 16.8. The number of hydrogen-bond acceptors (Lipinski definition) is 3. The summed E-state index contributed by atoms with van der Waals surface area (Å²) >= 11 is 0. The van der Waals surface area contributed by atoms with E-state index < -0.39 is 5.91 Å². The summed E-state index contributed by atoms with van der Waals surface area (Å²) in [5, 5.41) is 4.63. The van der Waals surface area contributed by atoms with Crippen LogP contribution in [0.4, 0.5) is 4.39 Å². The van der Waals surface area contributed by atoms with Crippen LogP contribution in [-0.2, 0) is 19.4 Å². The van der Waals surface area contributed by atoms with E-state index in [1.165, 1.54) is 12.1 Å². The lowest BCUT2D eigenvalue weighted by atomic mass is 9.95. The van der Waals surface area contributed by atoms with E-state index in [2.05, 4.69) is 5.10 Å². The molecule has 7 heteroatoms. The average molecular weight is 406 g/mol. The topological polar surface area (TPSA) is 81.2 Å². The Bertz CT molecular complexity index is 1100. The second-order valence-corrected chi connectivity index (χ2v) is 7.60. The molecule has 0 unspecified atom stereocenters. The highest BCUT2D eigenvalue weighted by atomic mass is 19.1. The van der Waals surface area contributed by atoms with Gasteiger partial charge in [0.05, 0.1) is 5.69 Å². The van der Waals surface area contributed by atoms with Gasteiger partial charge in [0.25, 0.3) is 5.91 Å². The quantitative estimate of drug-likeness (QED) is 0.706. The zero-order valence-corrected chi connectivity index (χ0v) is 16.8. The van der Waals surface area contributed by atoms with Crippen LogP contribution in [0.2, 0.25) is 0 Å². The molecule has 0 radical (unpaired) electrons. The van der Waals surface area contributed by atoms with Crippen molar-refractivity contribution in [3.63, 3.8) is 0 Å². The first kappa shape index (κ1) is 19.8. The monoisotopic (exact) mass is 406 g/mol. The summed E-state index contributed by atoms with van der Waals surface area (Å²) in [4.78, 5) is 26.2. The molecule has 0 atom stereocenters. The molecule has 0 saturated carbocycles. The molecule has 2 amide bonds. The highest BCUT2D eigenvalue weighted by Crippen LogP contribution is 2.28. The molecule has 0 fully saturated rings. The highest BCUT2D eigenvalue weighted by molar-refractivity contribution is 5.94. The summed E-state index contributed by atoms with van der Waals surface area (Å²) in [5.74, 6) is -0.995. The number of primary amides is 1. The lowest BCUT2D eigenvalue weighted by molar-refractivity contribution is 0.0777. The molecule has 3 aromatic rings. The Kier molecular flexibility index (Phi) is 5.35. The molecule has 2 N–H and O–H groups in total. The lowest BCUT2D eigenvalue weighted by Crippen LogP contribution is -2.28. The van der Waals surface area contributed by atoms with Crippen molar-refractivity contribution in [2.24, 2.45) is 5.73 Å².